The topological polar surface area (TPSA) is 67.2 Å². The summed E-state index contributed by atoms with van der Waals surface area (Å²) < 4.78 is 10.9. The number of aromatic nitrogens is 3. The minimum Gasteiger partial charge on any atom is -0.497 e. The van der Waals surface area contributed by atoms with Crippen molar-refractivity contribution >= 4 is 16.5 Å². The number of H-pyrrole nitrogens is 1. The van der Waals surface area contributed by atoms with E-state index < -0.39 is 0 Å². The minimum absolute atomic E-state index is 0.144. The average molecular weight is 364 g/mol. The van der Waals surface area contributed by atoms with E-state index in [4.69, 9.17) is 9.26 Å². The van der Waals surface area contributed by atoms with Gasteiger partial charge in [-0.25, -0.2) is 0 Å². The smallest absolute Gasteiger partial charge is 0.243 e. The molecule has 3 heterocycles. The Hall–Kier alpha value is -2.60. The van der Waals surface area contributed by atoms with Crippen LogP contribution in [0.2, 0.25) is 0 Å². The van der Waals surface area contributed by atoms with E-state index in [0.29, 0.717) is 5.92 Å². The van der Waals surface area contributed by atoms with Crippen molar-refractivity contribution in [2.24, 2.45) is 0 Å². The summed E-state index contributed by atoms with van der Waals surface area (Å²) in [6, 6.07) is 6.31. The molecule has 1 fully saturated rings. The number of nitrogens with one attached hydrogen (secondary N) is 1. The lowest BCUT2D eigenvalue weighted by molar-refractivity contribution is 0.189. The third kappa shape index (κ3) is 3.04. The van der Waals surface area contributed by atoms with Crippen molar-refractivity contribution in [3.8, 4) is 5.75 Å². The van der Waals surface area contributed by atoms with E-state index in [1.165, 1.54) is 29.4 Å². The molecule has 1 saturated carbocycles. The molecule has 1 N–H and O–H groups in total. The van der Waals surface area contributed by atoms with Gasteiger partial charge in [0.05, 0.1) is 13.2 Å². The number of hydrogen-bond donors (Lipinski definition) is 1. The molecule has 6 heteroatoms. The van der Waals surface area contributed by atoms with E-state index in [-0.39, 0.29) is 6.04 Å². The zero-order valence-electron chi connectivity index (χ0n) is 15.7. The molecule has 0 radical (unpaired) electrons. The van der Waals surface area contributed by atoms with Crippen LogP contribution in [0, 0.1) is 0 Å². The molecule has 1 atom stereocenters. The highest BCUT2D eigenvalue weighted by Crippen LogP contribution is 2.39. The number of ether oxygens (including phenoxy) is 1. The highest BCUT2D eigenvalue weighted by atomic mass is 16.5. The predicted octanol–water partition coefficient (Wildman–Crippen LogP) is 4.29. The number of nitrogens with zero attached hydrogens (tertiary/aromatic N) is 3. The van der Waals surface area contributed by atoms with Crippen LogP contribution < -0.4 is 4.74 Å². The van der Waals surface area contributed by atoms with Crippen LogP contribution in [-0.4, -0.2) is 40.2 Å². The Morgan fingerprint density at radius 1 is 1.33 bits per heavy atom. The fourth-order valence-corrected chi connectivity index (χ4v) is 3.85. The molecular weight excluding hydrogens is 340 g/mol. The average Bonchev–Trinajstić information content (AvgIpc) is 3.29. The van der Waals surface area contributed by atoms with Crippen molar-refractivity contribution in [2.75, 3.05) is 20.2 Å². The number of rotatable bonds is 5. The normalized spacial score (nSPS) is 19.3. The van der Waals surface area contributed by atoms with Gasteiger partial charge in [-0.1, -0.05) is 11.2 Å². The van der Waals surface area contributed by atoms with Crippen molar-refractivity contribution in [3.63, 3.8) is 0 Å². The molecule has 0 amide bonds. The Balaban J connectivity index is 1.34. The van der Waals surface area contributed by atoms with E-state index in [1.54, 1.807) is 7.11 Å². The Morgan fingerprint density at radius 2 is 2.22 bits per heavy atom. The summed E-state index contributed by atoms with van der Waals surface area (Å²) in [5.74, 6) is 3.04. The second-order valence-corrected chi connectivity index (χ2v) is 7.53. The van der Waals surface area contributed by atoms with Crippen molar-refractivity contribution < 1.29 is 9.26 Å². The standard InChI is InChI=1S/C21H24N4O2/c1-13(21-23-20(24-27-21)15-3-4-15)25-9-7-14(8-10-25)18-12-22-19-6-5-16(26-2)11-17(18)19/h5-7,11-13,15,22H,3-4,8-10H2,1-2H3/t13-/m0/s1. The quantitative estimate of drug-likeness (QED) is 0.732. The molecule has 3 aromatic rings. The molecule has 140 valence electrons. The van der Waals surface area contributed by atoms with Crippen LogP contribution >= 0.6 is 0 Å². The fraction of sp³-hybridized carbons (Fsp3) is 0.429. The van der Waals surface area contributed by atoms with Gasteiger partial charge in [-0.15, -0.1) is 0 Å². The largest absolute Gasteiger partial charge is 0.497 e. The number of fused-ring (bicyclic) bond motifs is 1. The van der Waals surface area contributed by atoms with E-state index in [0.717, 1.165) is 42.5 Å². The zero-order valence-corrected chi connectivity index (χ0v) is 15.7. The first-order valence-electron chi connectivity index (χ1n) is 9.65. The van der Waals surface area contributed by atoms with Crippen LogP contribution in [0.3, 0.4) is 0 Å². The summed E-state index contributed by atoms with van der Waals surface area (Å²) in [6.45, 7) is 4.01. The van der Waals surface area contributed by atoms with Gasteiger partial charge in [0.2, 0.25) is 5.89 Å². The van der Waals surface area contributed by atoms with Gasteiger partial charge in [0.1, 0.15) is 5.75 Å². The fourth-order valence-electron chi connectivity index (χ4n) is 3.85. The molecule has 0 saturated heterocycles. The summed E-state index contributed by atoms with van der Waals surface area (Å²) >= 11 is 0. The maximum atomic E-state index is 5.52. The van der Waals surface area contributed by atoms with Crippen LogP contribution in [0.5, 0.6) is 5.75 Å². The van der Waals surface area contributed by atoms with E-state index >= 15 is 0 Å². The van der Waals surface area contributed by atoms with Gasteiger partial charge in [-0.2, -0.15) is 4.98 Å². The van der Waals surface area contributed by atoms with Crippen LogP contribution in [0.15, 0.2) is 35.0 Å². The van der Waals surface area contributed by atoms with Crippen molar-refractivity contribution in [3.05, 3.63) is 47.8 Å². The Morgan fingerprint density at radius 3 is 2.96 bits per heavy atom. The van der Waals surface area contributed by atoms with Gasteiger partial charge >= 0.3 is 0 Å². The summed E-state index contributed by atoms with van der Waals surface area (Å²) in [4.78, 5) is 10.4. The second-order valence-electron chi connectivity index (χ2n) is 7.53. The molecule has 2 aromatic heterocycles. The zero-order chi connectivity index (χ0) is 18.4. The predicted molar refractivity (Wildman–Crippen MR) is 104 cm³/mol. The Bertz CT molecular complexity index is 999. The van der Waals surface area contributed by atoms with Gasteiger partial charge in [-0.3, -0.25) is 4.90 Å². The van der Waals surface area contributed by atoms with Gasteiger partial charge in [0.25, 0.3) is 0 Å². The summed E-state index contributed by atoms with van der Waals surface area (Å²) in [5.41, 5.74) is 3.79. The third-order valence-electron chi connectivity index (χ3n) is 5.78. The summed E-state index contributed by atoms with van der Waals surface area (Å²) in [7, 11) is 1.71. The SMILES string of the molecule is COc1ccc2[nH]cc(C3=CCN([C@@H](C)c4nc(C5CC5)no4)CC3)c2c1. The first kappa shape index (κ1) is 16.6. The van der Waals surface area contributed by atoms with E-state index in [1.807, 2.05) is 6.07 Å². The molecule has 0 spiro atoms. The molecule has 0 unspecified atom stereocenters. The van der Waals surface area contributed by atoms with Crippen molar-refractivity contribution in [1.82, 2.24) is 20.0 Å². The molecule has 27 heavy (non-hydrogen) atoms. The van der Waals surface area contributed by atoms with Crippen LogP contribution in [0.4, 0.5) is 0 Å². The molecule has 2 aliphatic rings. The number of benzene rings is 1. The number of methoxy groups -OCH3 is 1. The lowest BCUT2D eigenvalue weighted by atomic mass is 9.98. The van der Waals surface area contributed by atoms with Crippen LogP contribution in [0.25, 0.3) is 16.5 Å². The lowest BCUT2D eigenvalue weighted by Gasteiger charge is -2.29. The number of aromatic amines is 1. The van der Waals surface area contributed by atoms with Crippen molar-refractivity contribution in [1.29, 1.82) is 0 Å². The molecular formula is C21H24N4O2. The van der Waals surface area contributed by atoms with Gasteiger partial charge < -0.3 is 14.2 Å². The first-order valence-corrected chi connectivity index (χ1v) is 9.65. The molecule has 1 aliphatic heterocycles. The van der Waals surface area contributed by atoms with Crippen LogP contribution in [-0.2, 0) is 0 Å². The summed E-state index contributed by atoms with van der Waals surface area (Å²) in [5, 5.41) is 5.37. The summed E-state index contributed by atoms with van der Waals surface area (Å²) in [6.07, 6.45) is 7.81. The second kappa shape index (κ2) is 6.53. The molecule has 6 nitrogen and oxygen atoms in total. The van der Waals surface area contributed by atoms with E-state index in [9.17, 15) is 0 Å². The lowest BCUT2D eigenvalue weighted by Crippen LogP contribution is -2.31. The molecule has 1 aromatic carbocycles. The highest BCUT2D eigenvalue weighted by molar-refractivity contribution is 5.93. The number of hydrogen-bond acceptors (Lipinski definition) is 5. The molecule has 0 bridgehead atoms. The maximum Gasteiger partial charge on any atom is 0.243 e. The molecule has 5 rings (SSSR count). The molecule has 1 aliphatic carbocycles. The van der Waals surface area contributed by atoms with Gasteiger partial charge in [0, 0.05) is 41.7 Å². The highest BCUT2D eigenvalue weighted by Gasteiger charge is 2.31. The Kier molecular flexibility index (Phi) is 4.01. The van der Waals surface area contributed by atoms with Crippen molar-refractivity contribution in [2.45, 2.75) is 38.1 Å². The maximum absolute atomic E-state index is 5.52. The van der Waals surface area contributed by atoms with Crippen LogP contribution in [0.1, 0.15) is 55.4 Å². The Labute approximate surface area is 158 Å². The first-order chi connectivity index (χ1) is 13.2. The van der Waals surface area contributed by atoms with E-state index in [2.05, 4.69) is 51.4 Å². The van der Waals surface area contributed by atoms with Gasteiger partial charge in [0.15, 0.2) is 5.82 Å². The van der Waals surface area contributed by atoms with Gasteiger partial charge in [-0.05, 0) is 50.0 Å². The minimum atomic E-state index is 0.144. The third-order valence-corrected chi connectivity index (χ3v) is 5.78. The monoisotopic (exact) mass is 364 g/mol.